The molecule has 0 radical (unpaired) electrons. The summed E-state index contributed by atoms with van der Waals surface area (Å²) in [6, 6.07) is 1.46. The van der Waals surface area contributed by atoms with Crippen LogP contribution in [0.4, 0.5) is 0 Å². The first-order valence-corrected chi connectivity index (χ1v) is 7.48. The highest BCUT2D eigenvalue weighted by Crippen LogP contribution is 2.28. The van der Waals surface area contributed by atoms with E-state index in [1.165, 1.54) is 32.2 Å². The molecule has 0 aromatic rings. The molecule has 0 bridgehead atoms. The zero-order valence-electron chi connectivity index (χ0n) is 12.5. The second-order valence-corrected chi connectivity index (χ2v) is 6.19. The standard InChI is InChI=1S/C15H32N2/c1-6-14(4)17(5)10-9-16-15-11-12(2)7-8-13(15)3/h12-16H,6-11H2,1-5H3. The Labute approximate surface area is 108 Å². The summed E-state index contributed by atoms with van der Waals surface area (Å²) in [6.07, 6.45) is 5.44. The van der Waals surface area contributed by atoms with Gasteiger partial charge in [0.2, 0.25) is 0 Å². The molecule has 2 heteroatoms. The second-order valence-electron chi connectivity index (χ2n) is 6.19. The van der Waals surface area contributed by atoms with E-state index in [4.69, 9.17) is 0 Å². The van der Waals surface area contributed by atoms with Gasteiger partial charge in [0.05, 0.1) is 0 Å². The highest BCUT2D eigenvalue weighted by Gasteiger charge is 2.24. The summed E-state index contributed by atoms with van der Waals surface area (Å²) in [4.78, 5) is 2.46. The molecule has 1 rings (SSSR count). The Kier molecular flexibility index (Phi) is 6.50. The molecule has 4 atom stereocenters. The molecule has 1 N–H and O–H groups in total. The highest BCUT2D eigenvalue weighted by atomic mass is 15.1. The van der Waals surface area contributed by atoms with E-state index in [1.807, 2.05) is 0 Å². The fraction of sp³-hybridized carbons (Fsp3) is 1.00. The third-order valence-corrected chi connectivity index (χ3v) is 4.67. The van der Waals surface area contributed by atoms with Crippen LogP contribution in [0.5, 0.6) is 0 Å². The van der Waals surface area contributed by atoms with Crippen molar-refractivity contribution in [3.05, 3.63) is 0 Å². The van der Waals surface area contributed by atoms with Crippen LogP contribution in [0.2, 0.25) is 0 Å². The molecule has 0 aromatic heterocycles. The smallest absolute Gasteiger partial charge is 0.0107 e. The Bertz CT molecular complexity index is 205. The summed E-state index contributed by atoms with van der Waals surface area (Å²) in [5, 5.41) is 3.77. The maximum absolute atomic E-state index is 3.77. The molecule has 102 valence electrons. The number of nitrogens with zero attached hydrogens (tertiary/aromatic N) is 1. The summed E-state index contributed by atoms with van der Waals surface area (Å²) in [6.45, 7) is 11.7. The van der Waals surface area contributed by atoms with E-state index in [1.54, 1.807) is 0 Å². The molecule has 0 spiro atoms. The van der Waals surface area contributed by atoms with Crippen LogP contribution in [0.1, 0.15) is 53.4 Å². The van der Waals surface area contributed by atoms with Crippen LogP contribution in [0.15, 0.2) is 0 Å². The summed E-state index contributed by atoms with van der Waals surface area (Å²) in [7, 11) is 2.24. The average Bonchev–Trinajstić information content (AvgIpc) is 2.32. The first-order valence-electron chi connectivity index (χ1n) is 7.48. The number of rotatable bonds is 6. The van der Waals surface area contributed by atoms with Crippen LogP contribution in [0.25, 0.3) is 0 Å². The SMILES string of the molecule is CCC(C)N(C)CCNC1CC(C)CCC1C. The Hall–Kier alpha value is -0.0800. The molecular formula is C15H32N2. The molecule has 0 heterocycles. The van der Waals surface area contributed by atoms with Crippen molar-refractivity contribution >= 4 is 0 Å². The molecule has 4 unspecified atom stereocenters. The Balaban J connectivity index is 2.21. The predicted molar refractivity (Wildman–Crippen MR) is 76.4 cm³/mol. The van der Waals surface area contributed by atoms with Gasteiger partial charge in [-0.25, -0.2) is 0 Å². The van der Waals surface area contributed by atoms with Crippen molar-refractivity contribution < 1.29 is 0 Å². The fourth-order valence-corrected chi connectivity index (χ4v) is 2.78. The van der Waals surface area contributed by atoms with E-state index in [-0.39, 0.29) is 0 Å². The van der Waals surface area contributed by atoms with E-state index >= 15 is 0 Å². The van der Waals surface area contributed by atoms with Crippen LogP contribution >= 0.6 is 0 Å². The van der Waals surface area contributed by atoms with Crippen LogP contribution < -0.4 is 5.32 Å². The summed E-state index contributed by atoms with van der Waals surface area (Å²) >= 11 is 0. The Morgan fingerprint density at radius 1 is 1.29 bits per heavy atom. The molecule has 1 aliphatic rings. The fourth-order valence-electron chi connectivity index (χ4n) is 2.78. The Morgan fingerprint density at radius 3 is 2.65 bits per heavy atom. The van der Waals surface area contributed by atoms with Crippen molar-refractivity contribution in [1.29, 1.82) is 0 Å². The normalized spacial score (nSPS) is 31.8. The largest absolute Gasteiger partial charge is 0.312 e. The van der Waals surface area contributed by atoms with Crippen molar-refractivity contribution in [2.24, 2.45) is 11.8 Å². The average molecular weight is 240 g/mol. The van der Waals surface area contributed by atoms with Gasteiger partial charge in [0.15, 0.2) is 0 Å². The Morgan fingerprint density at radius 2 is 2.00 bits per heavy atom. The lowest BCUT2D eigenvalue weighted by molar-refractivity contribution is 0.207. The minimum atomic E-state index is 0.708. The van der Waals surface area contributed by atoms with Crippen LogP contribution in [0.3, 0.4) is 0 Å². The van der Waals surface area contributed by atoms with E-state index < -0.39 is 0 Å². The summed E-state index contributed by atoms with van der Waals surface area (Å²) in [5.41, 5.74) is 0. The molecule has 0 amide bonds. The molecule has 0 aliphatic heterocycles. The zero-order chi connectivity index (χ0) is 12.8. The van der Waals surface area contributed by atoms with Gasteiger partial charge in [-0.1, -0.05) is 27.2 Å². The van der Waals surface area contributed by atoms with Crippen molar-refractivity contribution in [2.45, 2.75) is 65.5 Å². The molecule has 0 aromatic carbocycles. The van der Waals surface area contributed by atoms with Crippen molar-refractivity contribution in [1.82, 2.24) is 10.2 Å². The van der Waals surface area contributed by atoms with Gasteiger partial charge in [0, 0.05) is 25.2 Å². The van der Waals surface area contributed by atoms with Gasteiger partial charge in [-0.2, -0.15) is 0 Å². The zero-order valence-corrected chi connectivity index (χ0v) is 12.5. The third-order valence-electron chi connectivity index (χ3n) is 4.67. The minimum Gasteiger partial charge on any atom is -0.312 e. The number of likely N-dealkylation sites (N-methyl/N-ethyl adjacent to an activating group) is 1. The number of nitrogens with one attached hydrogen (secondary N) is 1. The quantitative estimate of drug-likeness (QED) is 0.767. The van der Waals surface area contributed by atoms with Crippen LogP contribution in [0, 0.1) is 11.8 Å². The summed E-state index contributed by atoms with van der Waals surface area (Å²) < 4.78 is 0. The lowest BCUT2D eigenvalue weighted by atomic mass is 9.80. The molecular weight excluding hydrogens is 208 g/mol. The van der Waals surface area contributed by atoms with Gasteiger partial charge in [0.1, 0.15) is 0 Å². The number of hydrogen-bond acceptors (Lipinski definition) is 2. The maximum atomic E-state index is 3.77. The van der Waals surface area contributed by atoms with Crippen molar-refractivity contribution in [2.75, 3.05) is 20.1 Å². The molecule has 1 fully saturated rings. The lowest BCUT2D eigenvalue weighted by Gasteiger charge is -2.34. The summed E-state index contributed by atoms with van der Waals surface area (Å²) in [5.74, 6) is 1.77. The third kappa shape index (κ3) is 4.97. The minimum absolute atomic E-state index is 0.708. The predicted octanol–water partition coefficient (Wildman–Crippen LogP) is 3.13. The van der Waals surface area contributed by atoms with E-state index in [9.17, 15) is 0 Å². The van der Waals surface area contributed by atoms with Crippen molar-refractivity contribution in [3.63, 3.8) is 0 Å². The van der Waals surface area contributed by atoms with Crippen molar-refractivity contribution in [3.8, 4) is 0 Å². The molecule has 1 saturated carbocycles. The van der Waals surface area contributed by atoms with Gasteiger partial charge in [-0.15, -0.1) is 0 Å². The van der Waals surface area contributed by atoms with Crippen LogP contribution in [-0.2, 0) is 0 Å². The first kappa shape index (κ1) is 15.0. The maximum Gasteiger partial charge on any atom is 0.0107 e. The van der Waals surface area contributed by atoms with Gasteiger partial charge < -0.3 is 10.2 Å². The van der Waals surface area contributed by atoms with E-state index in [0.29, 0.717) is 6.04 Å². The molecule has 1 aliphatic carbocycles. The van der Waals surface area contributed by atoms with E-state index in [0.717, 1.165) is 24.4 Å². The highest BCUT2D eigenvalue weighted by molar-refractivity contribution is 4.81. The second kappa shape index (κ2) is 7.38. The molecule has 0 saturated heterocycles. The van der Waals surface area contributed by atoms with Gasteiger partial charge >= 0.3 is 0 Å². The van der Waals surface area contributed by atoms with E-state index in [2.05, 4.69) is 45.0 Å². The van der Waals surface area contributed by atoms with Gasteiger partial charge in [-0.3, -0.25) is 0 Å². The lowest BCUT2D eigenvalue weighted by Crippen LogP contribution is -2.43. The van der Waals surface area contributed by atoms with Gasteiger partial charge in [0.25, 0.3) is 0 Å². The molecule has 17 heavy (non-hydrogen) atoms. The van der Waals surface area contributed by atoms with Gasteiger partial charge in [-0.05, 0) is 45.1 Å². The monoisotopic (exact) mass is 240 g/mol. The topological polar surface area (TPSA) is 15.3 Å². The molecule has 2 nitrogen and oxygen atoms in total. The van der Waals surface area contributed by atoms with Crippen LogP contribution in [-0.4, -0.2) is 37.1 Å². The first-order chi connectivity index (χ1) is 8.04. The number of hydrogen-bond donors (Lipinski definition) is 1.